The number of amides is 1. The number of piperidine rings is 1. The summed E-state index contributed by atoms with van der Waals surface area (Å²) in [4.78, 5) is 15.6. The molecule has 0 saturated carbocycles. The van der Waals surface area contributed by atoms with E-state index in [1.165, 1.54) is 12.8 Å². The quantitative estimate of drug-likeness (QED) is 0.784. The van der Waals surface area contributed by atoms with Crippen LogP contribution in [0.15, 0.2) is 18.7 Å². The van der Waals surface area contributed by atoms with E-state index in [2.05, 4.69) is 15.6 Å². The molecule has 1 aliphatic rings. The Labute approximate surface area is 102 Å². The molecular formula is C12H20N4O. The zero-order valence-corrected chi connectivity index (χ0v) is 10.1. The third kappa shape index (κ3) is 4.19. The van der Waals surface area contributed by atoms with E-state index < -0.39 is 0 Å². The molecule has 94 valence electrons. The molecule has 2 rings (SSSR count). The fourth-order valence-electron chi connectivity index (χ4n) is 2.14. The SMILES string of the molecule is O=C(CC1CCCCN1)NCCn1ccnc1. The van der Waals surface area contributed by atoms with Crippen LogP contribution in [0.25, 0.3) is 0 Å². The Hall–Kier alpha value is -1.36. The van der Waals surface area contributed by atoms with E-state index in [1.807, 2.05) is 10.8 Å². The summed E-state index contributed by atoms with van der Waals surface area (Å²) in [5.74, 6) is 0.143. The lowest BCUT2D eigenvalue weighted by molar-refractivity contribution is -0.121. The summed E-state index contributed by atoms with van der Waals surface area (Å²) in [7, 11) is 0. The number of nitrogens with zero attached hydrogens (tertiary/aromatic N) is 2. The van der Waals surface area contributed by atoms with Gasteiger partial charge in [0.25, 0.3) is 0 Å². The number of aromatic nitrogens is 2. The number of carbonyl (C=O) groups excluding carboxylic acids is 1. The zero-order valence-electron chi connectivity index (χ0n) is 10.1. The van der Waals surface area contributed by atoms with Crippen LogP contribution in [0.5, 0.6) is 0 Å². The average molecular weight is 236 g/mol. The van der Waals surface area contributed by atoms with Crippen molar-refractivity contribution in [1.82, 2.24) is 20.2 Å². The van der Waals surface area contributed by atoms with Crippen LogP contribution < -0.4 is 10.6 Å². The number of carbonyl (C=O) groups is 1. The van der Waals surface area contributed by atoms with E-state index in [0.717, 1.165) is 19.5 Å². The van der Waals surface area contributed by atoms with Gasteiger partial charge in [-0.05, 0) is 19.4 Å². The molecule has 0 aromatic carbocycles. The summed E-state index contributed by atoms with van der Waals surface area (Å²) in [6.45, 7) is 2.50. The second-order valence-corrected chi connectivity index (χ2v) is 4.50. The molecule has 1 unspecified atom stereocenters. The summed E-state index contributed by atoms with van der Waals surface area (Å²) in [6.07, 6.45) is 9.59. The fourth-order valence-corrected chi connectivity index (χ4v) is 2.14. The van der Waals surface area contributed by atoms with Gasteiger partial charge in [-0.15, -0.1) is 0 Å². The Kier molecular flexibility index (Phi) is 4.55. The molecule has 1 fully saturated rings. The zero-order chi connectivity index (χ0) is 11.9. The van der Waals surface area contributed by atoms with Crippen molar-refractivity contribution in [3.05, 3.63) is 18.7 Å². The van der Waals surface area contributed by atoms with E-state index in [9.17, 15) is 4.79 Å². The van der Waals surface area contributed by atoms with Crippen LogP contribution >= 0.6 is 0 Å². The first-order valence-corrected chi connectivity index (χ1v) is 6.30. The number of imidazole rings is 1. The molecule has 0 aliphatic carbocycles. The number of rotatable bonds is 5. The normalized spacial score (nSPS) is 20.1. The number of hydrogen-bond acceptors (Lipinski definition) is 3. The van der Waals surface area contributed by atoms with Crippen molar-refractivity contribution in [1.29, 1.82) is 0 Å². The van der Waals surface area contributed by atoms with Gasteiger partial charge in [0, 0.05) is 37.9 Å². The van der Waals surface area contributed by atoms with Crippen molar-refractivity contribution in [2.45, 2.75) is 38.3 Å². The summed E-state index contributed by atoms with van der Waals surface area (Å²) >= 11 is 0. The largest absolute Gasteiger partial charge is 0.354 e. The molecule has 1 amide bonds. The molecule has 0 spiro atoms. The molecule has 1 aromatic heterocycles. The fraction of sp³-hybridized carbons (Fsp3) is 0.667. The van der Waals surface area contributed by atoms with E-state index in [4.69, 9.17) is 0 Å². The average Bonchev–Trinajstić information content (AvgIpc) is 2.83. The predicted octanol–water partition coefficient (Wildman–Crippen LogP) is 0.531. The molecule has 1 aromatic rings. The molecule has 1 saturated heterocycles. The minimum Gasteiger partial charge on any atom is -0.354 e. The molecule has 2 heterocycles. The lowest BCUT2D eigenvalue weighted by Crippen LogP contribution is -2.39. The molecule has 2 N–H and O–H groups in total. The summed E-state index contributed by atoms with van der Waals surface area (Å²) in [6, 6.07) is 0.372. The first-order chi connectivity index (χ1) is 8.34. The first kappa shape index (κ1) is 12.1. The van der Waals surface area contributed by atoms with Gasteiger partial charge in [-0.2, -0.15) is 0 Å². The second kappa shape index (κ2) is 6.39. The Balaban J connectivity index is 1.60. The molecule has 1 aliphatic heterocycles. The van der Waals surface area contributed by atoms with Gasteiger partial charge in [-0.1, -0.05) is 6.42 Å². The standard InChI is InChI=1S/C12H20N4O/c17-12(9-11-3-1-2-4-14-11)15-6-8-16-7-5-13-10-16/h5,7,10-11,14H,1-4,6,8-9H2,(H,15,17). The van der Waals surface area contributed by atoms with E-state index in [1.54, 1.807) is 12.5 Å². The van der Waals surface area contributed by atoms with Crippen LogP contribution in [-0.4, -0.2) is 34.6 Å². The molecular weight excluding hydrogens is 216 g/mol. The van der Waals surface area contributed by atoms with Gasteiger partial charge in [-0.3, -0.25) is 4.79 Å². The van der Waals surface area contributed by atoms with Crippen LogP contribution in [0.4, 0.5) is 0 Å². The minimum atomic E-state index is 0.143. The highest BCUT2D eigenvalue weighted by molar-refractivity contribution is 5.76. The van der Waals surface area contributed by atoms with Crippen molar-refractivity contribution in [2.75, 3.05) is 13.1 Å². The highest BCUT2D eigenvalue weighted by Crippen LogP contribution is 2.09. The Morgan fingerprint density at radius 1 is 1.53 bits per heavy atom. The molecule has 5 heteroatoms. The van der Waals surface area contributed by atoms with Gasteiger partial charge in [0.1, 0.15) is 0 Å². The van der Waals surface area contributed by atoms with Crippen LogP contribution in [0.2, 0.25) is 0 Å². The first-order valence-electron chi connectivity index (χ1n) is 6.30. The van der Waals surface area contributed by atoms with E-state index in [-0.39, 0.29) is 5.91 Å². The van der Waals surface area contributed by atoms with E-state index >= 15 is 0 Å². The minimum absolute atomic E-state index is 0.143. The van der Waals surface area contributed by atoms with Crippen LogP contribution in [0, 0.1) is 0 Å². The lowest BCUT2D eigenvalue weighted by Gasteiger charge is -2.22. The molecule has 5 nitrogen and oxygen atoms in total. The predicted molar refractivity (Wildman–Crippen MR) is 65.5 cm³/mol. The van der Waals surface area contributed by atoms with Gasteiger partial charge >= 0.3 is 0 Å². The van der Waals surface area contributed by atoms with Crippen LogP contribution in [0.1, 0.15) is 25.7 Å². The van der Waals surface area contributed by atoms with Crippen LogP contribution in [-0.2, 0) is 11.3 Å². The highest BCUT2D eigenvalue weighted by atomic mass is 16.1. The van der Waals surface area contributed by atoms with Crippen molar-refractivity contribution in [2.24, 2.45) is 0 Å². The third-order valence-corrected chi connectivity index (χ3v) is 3.10. The van der Waals surface area contributed by atoms with Gasteiger partial charge in [0.15, 0.2) is 0 Å². The molecule has 17 heavy (non-hydrogen) atoms. The lowest BCUT2D eigenvalue weighted by atomic mass is 10.0. The van der Waals surface area contributed by atoms with Gasteiger partial charge in [0.05, 0.1) is 6.33 Å². The number of nitrogens with one attached hydrogen (secondary N) is 2. The van der Waals surface area contributed by atoms with E-state index in [0.29, 0.717) is 19.0 Å². The Morgan fingerprint density at radius 3 is 3.18 bits per heavy atom. The maximum Gasteiger partial charge on any atom is 0.221 e. The topological polar surface area (TPSA) is 59.0 Å². The maximum atomic E-state index is 11.7. The van der Waals surface area contributed by atoms with Crippen molar-refractivity contribution in [3.8, 4) is 0 Å². The maximum absolute atomic E-state index is 11.7. The third-order valence-electron chi connectivity index (χ3n) is 3.10. The van der Waals surface area contributed by atoms with Crippen molar-refractivity contribution < 1.29 is 4.79 Å². The van der Waals surface area contributed by atoms with Crippen molar-refractivity contribution >= 4 is 5.91 Å². The van der Waals surface area contributed by atoms with Crippen molar-refractivity contribution in [3.63, 3.8) is 0 Å². The number of hydrogen-bond donors (Lipinski definition) is 2. The molecule has 1 atom stereocenters. The molecule has 0 radical (unpaired) electrons. The van der Waals surface area contributed by atoms with Gasteiger partial charge in [-0.25, -0.2) is 4.98 Å². The molecule has 0 bridgehead atoms. The monoisotopic (exact) mass is 236 g/mol. The highest BCUT2D eigenvalue weighted by Gasteiger charge is 2.15. The second-order valence-electron chi connectivity index (χ2n) is 4.50. The van der Waals surface area contributed by atoms with Gasteiger partial charge in [0.2, 0.25) is 5.91 Å². The Morgan fingerprint density at radius 2 is 2.47 bits per heavy atom. The van der Waals surface area contributed by atoms with Gasteiger partial charge < -0.3 is 15.2 Å². The summed E-state index contributed by atoms with van der Waals surface area (Å²) in [5, 5.41) is 6.32. The summed E-state index contributed by atoms with van der Waals surface area (Å²) in [5.41, 5.74) is 0. The van der Waals surface area contributed by atoms with Crippen LogP contribution in [0.3, 0.4) is 0 Å². The summed E-state index contributed by atoms with van der Waals surface area (Å²) < 4.78 is 1.96. The Bertz CT molecular complexity index is 330. The smallest absolute Gasteiger partial charge is 0.221 e.